The molecule has 2 aromatic rings. The van der Waals surface area contributed by atoms with E-state index in [0.717, 1.165) is 5.56 Å². The molecule has 4 rings (SSSR count). The number of rotatable bonds is 7. The molecule has 0 unspecified atom stereocenters. The van der Waals surface area contributed by atoms with Crippen molar-refractivity contribution < 1.29 is 35.0 Å². The van der Waals surface area contributed by atoms with Crippen molar-refractivity contribution in [2.75, 3.05) is 13.2 Å². The molecule has 176 valence electrons. The van der Waals surface area contributed by atoms with Gasteiger partial charge in [-0.3, -0.25) is 0 Å². The first-order valence-corrected chi connectivity index (χ1v) is 11.2. The number of hydrogen-bond acceptors (Lipinski definition) is 8. The Kier molecular flexibility index (Phi) is 6.73. The fourth-order valence-electron chi connectivity index (χ4n) is 4.35. The lowest BCUT2D eigenvalue weighted by Crippen LogP contribution is -2.63. The van der Waals surface area contributed by atoms with Crippen LogP contribution in [0.15, 0.2) is 36.4 Å². The zero-order valence-corrected chi connectivity index (χ0v) is 18.4. The van der Waals surface area contributed by atoms with Gasteiger partial charge in [0.25, 0.3) is 0 Å². The molecule has 0 amide bonds. The molecule has 1 aliphatic heterocycles. The number of hydrogen-bond donors (Lipinski definition) is 5. The Bertz CT molecular complexity index is 1030. The van der Waals surface area contributed by atoms with Crippen molar-refractivity contribution in [3.8, 4) is 11.8 Å². The molecule has 8 heteroatoms. The van der Waals surface area contributed by atoms with Gasteiger partial charge < -0.3 is 35.0 Å². The van der Waals surface area contributed by atoms with E-state index in [9.17, 15) is 30.8 Å². The second-order valence-electron chi connectivity index (χ2n) is 8.70. The van der Waals surface area contributed by atoms with Crippen LogP contribution in [0.3, 0.4) is 0 Å². The fourth-order valence-corrected chi connectivity index (χ4v) is 4.35. The van der Waals surface area contributed by atoms with Crippen LogP contribution in [-0.2, 0) is 16.9 Å². The largest absolute Gasteiger partial charge is 0.493 e. The molecule has 1 aliphatic carbocycles. The summed E-state index contributed by atoms with van der Waals surface area (Å²) in [7, 11) is 0. The Balaban J connectivity index is 1.75. The molecule has 1 saturated carbocycles. The molecular formula is C25H29NO7. The van der Waals surface area contributed by atoms with Crippen molar-refractivity contribution in [1.82, 2.24) is 0 Å². The maximum absolute atomic E-state index is 11.3. The maximum atomic E-state index is 11.3. The lowest BCUT2D eigenvalue weighted by atomic mass is 9.85. The zero-order chi connectivity index (χ0) is 23.8. The number of nitrogens with zero attached hydrogens (tertiary/aromatic N) is 1. The zero-order valence-electron chi connectivity index (χ0n) is 18.4. The number of nitriles is 1. The van der Waals surface area contributed by atoms with Crippen molar-refractivity contribution in [1.29, 1.82) is 5.26 Å². The maximum Gasteiger partial charge on any atom is 0.226 e. The van der Waals surface area contributed by atoms with Crippen LogP contribution in [0.5, 0.6) is 5.75 Å². The van der Waals surface area contributed by atoms with Crippen molar-refractivity contribution >= 4 is 0 Å². The van der Waals surface area contributed by atoms with Crippen LogP contribution in [0.4, 0.5) is 0 Å². The molecule has 1 heterocycles. The van der Waals surface area contributed by atoms with E-state index in [1.54, 1.807) is 6.92 Å². The topological polar surface area (TPSA) is 143 Å². The standard InChI is InChI=1S/C25H29NO7/c1-2-32-20-11-18(12-26)17(9-14-3-5-15(6-4-14)16-7-8-16)10-19(20)25(31)24(30)23(29)22(28)21(13-27)33-25/h3-6,10-11,16,21-24,27-31H,2,7-9,13H2,1H3/t21-,22-,23+,24-,25+/m1/s1. The minimum Gasteiger partial charge on any atom is -0.493 e. The predicted octanol–water partition coefficient (Wildman–Crippen LogP) is 1.04. The highest BCUT2D eigenvalue weighted by Crippen LogP contribution is 2.42. The summed E-state index contributed by atoms with van der Waals surface area (Å²) in [6.45, 7) is 1.25. The molecule has 1 saturated heterocycles. The third-order valence-corrected chi connectivity index (χ3v) is 6.40. The van der Waals surface area contributed by atoms with E-state index in [2.05, 4.69) is 18.2 Å². The molecule has 2 fully saturated rings. The van der Waals surface area contributed by atoms with Gasteiger partial charge in [-0.15, -0.1) is 0 Å². The molecule has 0 radical (unpaired) electrons. The van der Waals surface area contributed by atoms with Crippen molar-refractivity contribution in [2.24, 2.45) is 0 Å². The van der Waals surface area contributed by atoms with Crippen LogP contribution in [0.2, 0.25) is 0 Å². The van der Waals surface area contributed by atoms with Crippen LogP contribution in [0.1, 0.15) is 53.5 Å². The normalized spacial score (nSPS) is 29.5. The highest BCUT2D eigenvalue weighted by Gasteiger charge is 2.54. The summed E-state index contributed by atoms with van der Waals surface area (Å²) < 4.78 is 11.1. The summed E-state index contributed by atoms with van der Waals surface area (Å²) in [5.74, 6) is -1.75. The molecule has 5 N–H and O–H groups in total. The minimum atomic E-state index is -2.48. The Morgan fingerprint density at radius 3 is 2.39 bits per heavy atom. The molecular weight excluding hydrogens is 426 g/mol. The lowest BCUT2D eigenvalue weighted by molar-refractivity contribution is -0.358. The average Bonchev–Trinajstić information content (AvgIpc) is 3.67. The number of aliphatic hydroxyl groups is 5. The highest BCUT2D eigenvalue weighted by atomic mass is 16.7. The minimum absolute atomic E-state index is 0.00449. The van der Waals surface area contributed by atoms with Gasteiger partial charge in [-0.05, 0) is 60.9 Å². The monoisotopic (exact) mass is 455 g/mol. The van der Waals surface area contributed by atoms with E-state index >= 15 is 0 Å². The third kappa shape index (κ3) is 4.49. The highest BCUT2D eigenvalue weighted by molar-refractivity contribution is 5.52. The summed E-state index contributed by atoms with van der Waals surface area (Å²) in [5.41, 5.74) is 3.17. The van der Waals surface area contributed by atoms with Crippen LogP contribution in [-0.4, -0.2) is 63.2 Å². The predicted molar refractivity (Wildman–Crippen MR) is 117 cm³/mol. The molecule has 5 atom stereocenters. The van der Waals surface area contributed by atoms with Crippen molar-refractivity contribution in [3.05, 3.63) is 64.2 Å². The molecule has 0 aromatic heterocycles. The summed E-state index contributed by atoms with van der Waals surface area (Å²) in [6.07, 6.45) is -3.83. The van der Waals surface area contributed by atoms with Crippen LogP contribution < -0.4 is 4.74 Å². The number of benzene rings is 2. The third-order valence-electron chi connectivity index (χ3n) is 6.40. The fraction of sp³-hybridized carbons (Fsp3) is 0.480. The Hall–Kier alpha value is -2.51. The first-order valence-electron chi connectivity index (χ1n) is 11.2. The molecule has 0 bridgehead atoms. The van der Waals surface area contributed by atoms with E-state index in [1.807, 2.05) is 12.1 Å². The van der Waals surface area contributed by atoms with Gasteiger partial charge in [0.05, 0.1) is 30.4 Å². The van der Waals surface area contributed by atoms with E-state index in [0.29, 0.717) is 23.5 Å². The second kappa shape index (κ2) is 9.39. The van der Waals surface area contributed by atoms with Crippen molar-refractivity contribution in [3.63, 3.8) is 0 Å². The molecule has 8 nitrogen and oxygen atoms in total. The summed E-state index contributed by atoms with van der Waals surface area (Å²) in [5, 5.41) is 61.6. The van der Waals surface area contributed by atoms with Gasteiger partial charge in [-0.25, -0.2) is 0 Å². The van der Waals surface area contributed by atoms with Gasteiger partial charge >= 0.3 is 0 Å². The molecule has 0 spiro atoms. The van der Waals surface area contributed by atoms with E-state index in [-0.39, 0.29) is 17.9 Å². The Labute approximate surface area is 192 Å². The summed E-state index contributed by atoms with van der Waals surface area (Å²) in [6, 6.07) is 13.3. The number of ether oxygens (including phenoxy) is 2. The van der Waals surface area contributed by atoms with Gasteiger partial charge in [0.2, 0.25) is 5.79 Å². The van der Waals surface area contributed by atoms with E-state index in [1.165, 1.54) is 30.5 Å². The van der Waals surface area contributed by atoms with Gasteiger partial charge in [0, 0.05) is 0 Å². The van der Waals surface area contributed by atoms with Gasteiger partial charge in [-0.2, -0.15) is 5.26 Å². The lowest BCUT2D eigenvalue weighted by Gasteiger charge is -2.46. The molecule has 2 aromatic carbocycles. The van der Waals surface area contributed by atoms with Gasteiger partial charge in [0.1, 0.15) is 30.2 Å². The average molecular weight is 456 g/mol. The van der Waals surface area contributed by atoms with Gasteiger partial charge in [0.15, 0.2) is 0 Å². The first kappa shape index (κ1) is 23.6. The quantitative estimate of drug-likeness (QED) is 0.417. The van der Waals surface area contributed by atoms with Crippen LogP contribution in [0.25, 0.3) is 0 Å². The Morgan fingerprint density at radius 2 is 1.82 bits per heavy atom. The van der Waals surface area contributed by atoms with E-state index in [4.69, 9.17) is 9.47 Å². The summed E-state index contributed by atoms with van der Waals surface area (Å²) >= 11 is 0. The molecule has 33 heavy (non-hydrogen) atoms. The SMILES string of the molecule is CCOc1cc(C#N)c(Cc2ccc(C3CC3)cc2)cc1[C@]1(O)O[C@H](CO)[C@@H](O)[C@H](O)[C@H]1O. The summed E-state index contributed by atoms with van der Waals surface area (Å²) in [4.78, 5) is 0. The van der Waals surface area contributed by atoms with Gasteiger partial charge in [-0.1, -0.05) is 24.3 Å². The van der Waals surface area contributed by atoms with E-state index < -0.39 is 36.8 Å². The molecule has 2 aliphatic rings. The first-order chi connectivity index (χ1) is 15.8. The second-order valence-corrected chi connectivity index (χ2v) is 8.70. The smallest absolute Gasteiger partial charge is 0.226 e. The Morgan fingerprint density at radius 1 is 1.12 bits per heavy atom. The van der Waals surface area contributed by atoms with Crippen LogP contribution >= 0.6 is 0 Å². The van der Waals surface area contributed by atoms with Crippen molar-refractivity contribution in [2.45, 2.75) is 62.3 Å². The number of aliphatic hydroxyl groups excluding tert-OH is 4. The van der Waals surface area contributed by atoms with Crippen LogP contribution in [0, 0.1) is 11.3 Å².